The van der Waals surface area contributed by atoms with E-state index in [-0.39, 0.29) is 11.1 Å². The average Bonchev–Trinajstić information content (AvgIpc) is 2.43. The minimum absolute atomic E-state index is 0.271. The van der Waals surface area contributed by atoms with Crippen molar-refractivity contribution in [2.24, 2.45) is 0 Å². The molecule has 0 unspecified atom stereocenters. The fraction of sp³-hybridized carbons (Fsp3) is 0.231. The van der Waals surface area contributed by atoms with Crippen molar-refractivity contribution in [1.82, 2.24) is 15.2 Å². The molecule has 0 spiro atoms. The molecule has 0 saturated heterocycles. The summed E-state index contributed by atoms with van der Waals surface area (Å²) in [5.41, 5.74) is 1.38. The lowest BCUT2D eigenvalue weighted by Gasteiger charge is -2.23. The maximum absolute atomic E-state index is 11.6. The first-order valence-corrected chi connectivity index (χ1v) is 6.00. The zero-order valence-corrected chi connectivity index (χ0v) is 12.0. The number of nitrogens with zero attached hydrogens (tertiary/aromatic N) is 3. The highest BCUT2D eigenvalue weighted by molar-refractivity contribution is 6.31. The standard InChI is InChI=1S/C13H17ClN4O/c1-10(14)12(18(4)13(19)15-2)9-17(3)11-6-5-7-16-8-11/h5-9H,1H2,2-4H3,(H,15,19)/b12-9+. The van der Waals surface area contributed by atoms with Gasteiger partial charge in [0.2, 0.25) is 0 Å². The Kier molecular flexibility index (Phi) is 5.38. The summed E-state index contributed by atoms with van der Waals surface area (Å²) in [4.78, 5) is 18.9. The van der Waals surface area contributed by atoms with Gasteiger partial charge in [-0.05, 0) is 12.1 Å². The first kappa shape index (κ1) is 15.0. The summed E-state index contributed by atoms with van der Waals surface area (Å²) in [6, 6.07) is 3.46. The van der Waals surface area contributed by atoms with Crippen LogP contribution >= 0.6 is 11.6 Å². The van der Waals surface area contributed by atoms with Gasteiger partial charge in [-0.3, -0.25) is 9.88 Å². The van der Waals surface area contributed by atoms with Crippen molar-refractivity contribution in [3.05, 3.63) is 48.0 Å². The second-order valence-electron chi connectivity index (χ2n) is 3.86. The Morgan fingerprint density at radius 2 is 2.21 bits per heavy atom. The summed E-state index contributed by atoms with van der Waals surface area (Å²) in [5, 5.41) is 2.81. The Balaban J connectivity index is 3.02. The number of hydrogen-bond acceptors (Lipinski definition) is 3. The molecule has 1 heterocycles. The van der Waals surface area contributed by atoms with Crippen LogP contribution in [0.4, 0.5) is 10.5 Å². The van der Waals surface area contributed by atoms with Crippen molar-refractivity contribution < 1.29 is 4.79 Å². The summed E-state index contributed by atoms with van der Waals surface area (Å²) in [6.07, 6.45) is 5.13. The van der Waals surface area contributed by atoms with E-state index in [0.717, 1.165) is 5.69 Å². The molecule has 0 aliphatic carbocycles. The molecule has 0 bridgehead atoms. The monoisotopic (exact) mass is 280 g/mol. The number of allylic oxidation sites excluding steroid dienone is 1. The predicted octanol–water partition coefficient (Wildman–Crippen LogP) is 2.38. The molecule has 2 amide bonds. The molecule has 1 aromatic rings. The molecule has 0 aliphatic heterocycles. The van der Waals surface area contributed by atoms with Crippen molar-refractivity contribution in [3.63, 3.8) is 0 Å². The zero-order valence-electron chi connectivity index (χ0n) is 11.2. The van der Waals surface area contributed by atoms with Gasteiger partial charge in [0, 0.05) is 33.5 Å². The van der Waals surface area contributed by atoms with Crippen LogP contribution in [-0.4, -0.2) is 37.1 Å². The summed E-state index contributed by atoms with van der Waals surface area (Å²) >= 11 is 5.94. The third-order valence-electron chi connectivity index (χ3n) is 2.53. The number of amides is 2. The van der Waals surface area contributed by atoms with Gasteiger partial charge in [0.25, 0.3) is 0 Å². The highest BCUT2D eigenvalue weighted by Crippen LogP contribution is 2.19. The van der Waals surface area contributed by atoms with Gasteiger partial charge >= 0.3 is 6.03 Å². The van der Waals surface area contributed by atoms with Crippen LogP contribution in [0.2, 0.25) is 0 Å². The number of pyridine rings is 1. The van der Waals surface area contributed by atoms with Crippen LogP contribution in [0, 0.1) is 0 Å². The third kappa shape index (κ3) is 3.99. The number of likely N-dealkylation sites (N-methyl/N-ethyl adjacent to an activating group) is 1. The van der Waals surface area contributed by atoms with Gasteiger partial charge in [-0.2, -0.15) is 0 Å². The largest absolute Gasteiger partial charge is 0.348 e. The van der Waals surface area contributed by atoms with Gasteiger partial charge < -0.3 is 10.2 Å². The zero-order chi connectivity index (χ0) is 14.4. The highest BCUT2D eigenvalue weighted by atomic mass is 35.5. The average molecular weight is 281 g/mol. The maximum atomic E-state index is 11.6. The van der Waals surface area contributed by atoms with Crippen LogP contribution in [-0.2, 0) is 0 Å². The molecule has 1 N–H and O–H groups in total. The normalized spacial score (nSPS) is 10.8. The summed E-state index contributed by atoms with van der Waals surface area (Å²) in [7, 11) is 5.02. The Morgan fingerprint density at radius 1 is 1.53 bits per heavy atom. The molecule has 1 aromatic heterocycles. The number of rotatable bonds is 4. The van der Waals surface area contributed by atoms with E-state index >= 15 is 0 Å². The predicted molar refractivity (Wildman–Crippen MR) is 77.9 cm³/mol. The van der Waals surface area contributed by atoms with Crippen LogP contribution in [0.15, 0.2) is 48.0 Å². The number of aromatic nitrogens is 1. The van der Waals surface area contributed by atoms with E-state index in [2.05, 4.69) is 16.9 Å². The van der Waals surface area contributed by atoms with E-state index in [1.807, 2.05) is 24.1 Å². The topological polar surface area (TPSA) is 48.5 Å². The molecular formula is C13H17ClN4O. The first-order chi connectivity index (χ1) is 8.97. The Morgan fingerprint density at radius 3 is 2.68 bits per heavy atom. The van der Waals surface area contributed by atoms with Crippen molar-refractivity contribution >= 4 is 23.3 Å². The molecule has 0 radical (unpaired) electrons. The quantitative estimate of drug-likeness (QED) is 0.862. The second-order valence-corrected chi connectivity index (χ2v) is 4.31. The van der Waals surface area contributed by atoms with E-state index in [4.69, 9.17) is 11.6 Å². The summed E-state index contributed by atoms with van der Waals surface area (Å²) in [6.45, 7) is 3.67. The van der Waals surface area contributed by atoms with E-state index in [0.29, 0.717) is 5.70 Å². The number of hydrogen-bond donors (Lipinski definition) is 1. The van der Waals surface area contributed by atoms with Crippen molar-refractivity contribution in [1.29, 1.82) is 0 Å². The number of carbonyl (C=O) groups excluding carboxylic acids is 1. The van der Waals surface area contributed by atoms with E-state index in [9.17, 15) is 4.79 Å². The number of halogens is 1. The minimum atomic E-state index is -0.271. The minimum Gasteiger partial charge on any atom is -0.348 e. The van der Waals surface area contributed by atoms with Crippen LogP contribution in [0.3, 0.4) is 0 Å². The van der Waals surface area contributed by atoms with Crippen molar-refractivity contribution in [2.45, 2.75) is 0 Å². The lowest BCUT2D eigenvalue weighted by Crippen LogP contribution is -2.35. The highest BCUT2D eigenvalue weighted by Gasteiger charge is 2.14. The smallest absolute Gasteiger partial charge is 0.321 e. The molecule has 0 aliphatic rings. The van der Waals surface area contributed by atoms with E-state index < -0.39 is 0 Å². The van der Waals surface area contributed by atoms with Crippen LogP contribution < -0.4 is 10.2 Å². The number of nitrogens with one attached hydrogen (secondary N) is 1. The summed E-state index contributed by atoms with van der Waals surface area (Å²) in [5.74, 6) is 0. The molecule has 1 rings (SSSR count). The van der Waals surface area contributed by atoms with Gasteiger partial charge in [0.15, 0.2) is 0 Å². The van der Waals surface area contributed by atoms with Gasteiger partial charge in [0.1, 0.15) is 0 Å². The molecule has 0 atom stereocenters. The van der Waals surface area contributed by atoms with Gasteiger partial charge in [0.05, 0.1) is 22.6 Å². The van der Waals surface area contributed by atoms with E-state index in [1.54, 1.807) is 32.7 Å². The third-order valence-corrected chi connectivity index (χ3v) is 2.72. The molecule has 102 valence electrons. The summed E-state index contributed by atoms with van der Waals surface area (Å²) < 4.78 is 0. The molecule has 5 nitrogen and oxygen atoms in total. The van der Waals surface area contributed by atoms with Crippen molar-refractivity contribution in [3.8, 4) is 0 Å². The molecular weight excluding hydrogens is 264 g/mol. The Bertz CT molecular complexity index is 487. The lowest BCUT2D eigenvalue weighted by molar-refractivity contribution is 0.222. The second kappa shape index (κ2) is 6.80. The van der Waals surface area contributed by atoms with Crippen LogP contribution in [0.1, 0.15) is 0 Å². The number of anilines is 1. The molecule has 19 heavy (non-hydrogen) atoms. The fourth-order valence-electron chi connectivity index (χ4n) is 1.44. The molecule has 0 fully saturated rings. The fourth-order valence-corrected chi connectivity index (χ4v) is 1.61. The van der Waals surface area contributed by atoms with Crippen molar-refractivity contribution in [2.75, 3.05) is 26.0 Å². The van der Waals surface area contributed by atoms with Crippen LogP contribution in [0.5, 0.6) is 0 Å². The Labute approximate surface area is 118 Å². The SMILES string of the molecule is C=C(Cl)/C(=C\N(C)c1cccnc1)N(C)C(=O)NC. The number of urea groups is 1. The molecule has 0 aromatic carbocycles. The van der Waals surface area contributed by atoms with Gasteiger partial charge in [-0.25, -0.2) is 4.79 Å². The molecule has 6 heteroatoms. The van der Waals surface area contributed by atoms with Crippen LogP contribution in [0.25, 0.3) is 0 Å². The van der Waals surface area contributed by atoms with Gasteiger partial charge in [-0.15, -0.1) is 0 Å². The lowest BCUT2D eigenvalue weighted by atomic mass is 10.3. The van der Waals surface area contributed by atoms with E-state index in [1.165, 1.54) is 4.90 Å². The maximum Gasteiger partial charge on any atom is 0.321 e. The Hall–Kier alpha value is -2.01. The molecule has 0 saturated carbocycles. The first-order valence-electron chi connectivity index (χ1n) is 5.62. The van der Waals surface area contributed by atoms with Gasteiger partial charge in [-0.1, -0.05) is 18.2 Å². The number of carbonyl (C=O) groups is 1.